The maximum Gasteiger partial charge on any atom is 0.238 e. The molecule has 4 nitrogen and oxygen atoms in total. The third kappa shape index (κ3) is 4.91. The van der Waals surface area contributed by atoms with Gasteiger partial charge in [0.1, 0.15) is 0 Å². The number of likely N-dealkylation sites (N-methyl/N-ethyl adjacent to an activating group) is 1. The van der Waals surface area contributed by atoms with E-state index in [1.54, 1.807) is 29.5 Å². The molecule has 0 aliphatic rings. The largest absolute Gasteiger partial charge is 0.322 e. The molecule has 0 aliphatic carbocycles. The number of aromatic nitrogens is 1. The van der Waals surface area contributed by atoms with E-state index in [0.717, 1.165) is 17.2 Å². The molecule has 0 radical (unpaired) electrons. The first-order valence-electron chi connectivity index (χ1n) is 7.29. The van der Waals surface area contributed by atoms with E-state index in [0.29, 0.717) is 22.3 Å². The number of benzene rings is 1. The lowest BCUT2D eigenvalue weighted by molar-refractivity contribution is -0.117. The van der Waals surface area contributed by atoms with Crippen LogP contribution in [0.25, 0.3) is 0 Å². The fourth-order valence-corrected chi connectivity index (χ4v) is 3.67. The number of carbonyl (C=O) groups is 1. The van der Waals surface area contributed by atoms with Crippen LogP contribution in [0.2, 0.25) is 10.0 Å². The van der Waals surface area contributed by atoms with Crippen molar-refractivity contribution in [3.63, 3.8) is 0 Å². The third-order valence-electron chi connectivity index (χ3n) is 3.41. The van der Waals surface area contributed by atoms with Crippen molar-refractivity contribution in [2.75, 3.05) is 18.4 Å². The fraction of sp³-hybridized carbons (Fsp3) is 0.375. The predicted molar refractivity (Wildman–Crippen MR) is 97.6 cm³/mol. The monoisotopic (exact) mass is 371 g/mol. The van der Waals surface area contributed by atoms with Gasteiger partial charge in [0, 0.05) is 11.4 Å². The molecule has 0 fully saturated rings. The van der Waals surface area contributed by atoms with Crippen LogP contribution < -0.4 is 5.32 Å². The summed E-state index contributed by atoms with van der Waals surface area (Å²) in [5, 5.41) is 4.70. The van der Waals surface area contributed by atoms with Crippen LogP contribution in [0.1, 0.15) is 22.5 Å². The van der Waals surface area contributed by atoms with E-state index in [4.69, 9.17) is 23.2 Å². The highest BCUT2D eigenvalue weighted by Crippen LogP contribution is 2.29. The number of hydrogen-bond acceptors (Lipinski definition) is 4. The van der Waals surface area contributed by atoms with Crippen molar-refractivity contribution >= 4 is 46.1 Å². The van der Waals surface area contributed by atoms with E-state index < -0.39 is 0 Å². The van der Waals surface area contributed by atoms with Crippen LogP contribution in [0.4, 0.5) is 5.69 Å². The number of rotatable bonds is 6. The topological polar surface area (TPSA) is 45.2 Å². The van der Waals surface area contributed by atoms with Gasteiger partial charge in [-0.2, -0.15) is 0 Å². The Kier molecular flexibility index (Phi) is 6.41. The zero-order valence-electron chi connectivity index (χ0n) is 13.3. The molecular formula is C16H19Cl2N3OS. The molecule has 0 bridgehead atoms. The third-order valence-corrected chi connectivity index (χ3v) is 5.10. The van der Waals surface area contributed by atoms with Gasteiger partial charge < -0.3 is 5.32 Å². The molecule has 0 atom stereocenters. The molecule has 0 unspecified atom stereocenters. The number of para-hydroxylation sites is 1. The van der Waals surface area contributed by atoms with Crippen LogP contribution in [-0.4, -0.2) is 28.9 Å². The number of aryl methyl sites for hydroxylation is 2. The van der Waals surface area contributed by atoms with Gasteiger partial charge in [-0.05, 0) is 32.5 Å². The van der Waals surface area contributed by atoms with Gasteiger partial charge in [0.05, 0.1) is 33.0 Å². The summed E-state index contributed by atoms with van der Waals surface area (Å²) in [7, 11) is 0. The Morgan fingerprint density at radius 3 is 2.48 bits per heavy atom. The minimum Gasteiger partial charge on any atom is -0.322 e. The summed E-state index contributed by atoms with van der Waals surface area (Å²) in [5.41, 5.74) is 1.49. The molecule has 0 saturated heterocycles. The number of nitrogens with one attached hydrogen (secondary N) is 1. The van der Waals surface area contributed by atoms with Gasteiger partial charge >= 0.3 is 0 Å². The highest BCUT2D eigenvalue weighted by Gasteiger charge is 2.15. The van der Waals surface area contributed by atoms with Gasteiger partial charge in [0.15, 0.2) is 0 Å². The quantitative estimate of drug-likeness (QED) is 0.811. The van der Waals surface area contributed by atoms with Gasteiger partial charge in [0.2, 0.25) is 5.91 Å². The van der Waals surface area contributed by atoms with Gasteiger partial charge in [0.25, 0.3) is 0 Å². The van der Waals surface area contributed by atoms with E-state index >= 15 is 0 Å². The summed E-state index contributed by atoms with van der Waals surface area (Å²) >= 11 is 13.8. The summed E-state index contributed by atoms with van der Waals surface area (Å²) < 4.78 is 0. The van der Waals surface area contributed by atoms with Crippen LogP contribution >= 0.6 is 34.5 Å². The number of carbonyl (C=O) groups excluding carboxylic acids is 1. The molecule has 124 valence electrons. The maximum absolute atomic E-state index is 12.3. The van der Waals surface area contributed by atoms with Crippen LogP contribution in [0.15, 0.2) is 18.2 Å². The maximum atomic E-state index is 12.3. The molecule has 1 amide bonds. The Morgan fingerprint density at radius 2 is 1.96 bits per heavy atom. The summed E-state index contributed by atoms with van der Waals surface area (Å²) in [6, 6.07) is 5.14. The minimum atomic E-state index is -0.138. The fourth-order valence-electron chi connectivity index (χ4n) is 2.20. The number of halogens is 2. The second-order valence-corrected chi connectivity index (χ2v) is 7.29. The molecule has 0 saturated carbocycles. The molecule has 0 aliphatic heterocycles. The lowest BCUT2D eigenvalue weighted by atomic mass is 10.3. The van der Waals surface area contributed by atoms with Gasteiger partial charge in [-0.15, -0.1) is 11.3 Å². The molecule has 1 heterocycles. The Balaban J connectivity index is 2.01. The Hall–Kier alpha value is -1.14. The Labute approximate surface area is 150 Å². The van der Waals surface area contributed by atoms with E-state index in [2.05, 4.69) is 15.2 Å². The van der Waals surface area contributed by atoms with Gasteiger partial charge in [-0.1, -0.05) is 36.2 Å². The standard InChI is InChI=1S/C16H19Cl2N3OS/c1-4-21(8-14-10(2)19-11(3)23-14)9-15(22)20-16-12(17)6-5-7-13(16)18/h5-7H,4,8-9H2,1-3H3,(H,20,22). The number of hydrogen-bond donors (Lipinski definition) is 1. The van der Waals surface area contributed by atoms with Crippen LogP contribution in [-0.2, 0) is 11.3 Å². The molecule has 1 aromatic carbocycles. The molecule has 7 heteroatoms. The smallest absolute Gasteiger partial charge is 0.238 e. The van der Waals surface area contributed by atoms with E-state index in [-0.39, 0.29) is 12.5 Å². The second-order valence-electron chi connectivity index (χ2n) is 5.19. The Morgan fingerprint density at radius 1 is 1.30 bits per heavy atom. The average Bonchev–Trinajstić information content (AvgIpc) is 2.80. The summed E-state index contributed by atoms with van der Waals surface area (Å²) in [6.07, 6.45) is 0. The van der Waals surface area contributed by atoms with E-state index in [1.807, 2.05) is 20.8 Å². The molecule has 2 rings (SSSR count). The Bertz CT molecular complexity index is 682. The van der Waals surface area contributed by atoms with E-state index in [9.17, 15) is 4.79 Å². The first kappa shape index (κ1) is 18.2. The van der Waals surface area contributed by atoms with Crippen molar-refractivity contribution in [2.24, 2.45) is 0 Å². The SMILES string of the molecule is CCN(CC(=O)Nc1c(Cl)cccc1Cl)Cc1sc(C)nc1C. The molecule has 2 aromatic rings. The minimum absolute atomic E-state index is 0.138. The van der Waals surface area contributed by atoms with Crippen molar-refractivity contribution < 1.29 is 4.79 Å². The van der Waals surface area contributed by atoms with E-state index in [1.165, 1.54) is 4.88 Å². The van der Waals surface area contributed by atoms with Crippen molar-refractivity contribution in [3.05, 3.63) is 43.8 Å². The first-order chi connectivity index (χ1) is 10.9. The highest BCUT2D eigenvalue weighted by molar-refractivity contribution is 7.11. The zero-order chi connectivity index (χ0) is 17.0. The lowest BCUT2D eigenvalue weighted by Gasteiger charge is -2.19. The van der Waals surface area contributed by atoms with Crippen LogP contribution in [0, 0.1) is 13.8 Å². The van der Waals surface area contributed by atoms with Crippen molar-refractivity contribution in [1.82, 2.24) is 9.88 Å². The summed E-state index contributed by atoms with van der Waals surface area (Å²) in [4.78, 5) is 20.0. The zero-order valence-corrected chi connectivity index (χ0v) is 15.6. The number of anilines is 1. The van der Waals surface area contributed by atoms with Crippen LogP contribution in [0.5, 0.6) is 0 Å². The molecular weight excluding hydrogens is 353 g/mol. The van der Waals surface area contributed by atoms with Crippen LogP contribution in [0.3, 0.4) is 0 Å². The second kappa shape index (κ2) is 8.11. The average molecular weight is 372 g/mol. The summed E-state index contributed by atoms with van der Waals surface area (Å²) in [6.45, 7) is 7.75. The van der Waals surface area contributed by atoms with Crippen molar-refractivity contribution in [1.29, 1.82) is 0 Å². The number of thiazole rings is 1. The first-order valence-corrected chi connectivity index (χ1v) is 8.87. The van der Waals surface area contributed by atoms with Crippen molar-refractivity contribution in [3.8, 4) is 0 Å². The lowest BCUT2D eigenvalue weighted by Crippen LogP contribution is -2.32. The predicted octanol–water partition coefficient (Wildman–Crippen LogP) is 4.53. The highest BCUT2D eigenvalue weighted by atomic mass is 35.5. The number of amides is 1. The normalized spacial score (nSPS) is 11.0. The number of nitrogens with zero attached hydrogens (tertiary/aromatic N) is 2. The van der Waals surface area contributed by atoms with Crippen molar-refractivity contribution in [2.45, 2.75) is 27.3 Å². The molecule has 1 aromatic heterocycles. The van der Waals surface area contributed by atoms with Gasteiger partial charge in [-0.25, -0.2) is 4.98 Å². The molecule has 0 spiro atoms. The molecule has 23 heavy (non-hydrogen) atoms. The summed E-state index contributed by atoms with van der Waals surface area (Å²) in [5.74, 6) is -0.138. The molecule has 1 N–H and O–H groups in total. The van der Waals surface area contributed by atoms with Gasteiger partial charge in [-0.3, -0.25) is 9.69 Å².